The van der Waals surface area contributed by atoms with Gasteiger partial charge in [0.15, 0.2) is 5.65 Å². The standard InChI is InChI=1S/C25H25N5O2/c31-20-10-8-18(9-11-20)23-13-21(22-14-26-29-24(22)28-23)25(32)27-19-7-4-12-30(16-19)15-17-5-2-1-3-6-17/h1-3,5-6,8-11,13-14,19,31H,4,7,12,15-16H2,(H,27,32)(H,26,28,29)/t19-/m1/s1. The first-order valence-corrected chi connectivity index (χ1v) is 10.9. The molecule has 0 spiro atoms. The molecule has 1 aliphatic rings. The molecule has 1 saturated heterocycles. The van der Waals surface area contributed by atoms with Gasteiger partial charge in [-0.15, -0.1) is 0 Å². The number of benzene rings is 2. The Labute approximate surface area is 186 Å². The molecule has 7 heteroatoms. The van der Waals surface area contributed by atoms with Gasteiger partial charge < -0.3 is 10.4 Å². The average Bonchev–Trinajstić information content (AvgIpc) is 3.28. The molecular formula is C25H25N5O2. The molecule has 0 aliphatic carbocycles. The number of phenols is 1. The molecule has 1 atom stereocenters. The Kier molecular flexibility index (Phi) is 5.56. The van der Waals surface area contributed by atoms with E-state index >= 15 is 0 Å². The van der Waals surface area contributed by atoms with Crippen molar-refractivity contribution in [2.24, 2.45) is 0 Å². The highest BCUT2D eigenvalue weighted by atomic mass is 16.3. The van der Waals surface area contributed by atoms with Crippen LogP contribution >= 0.6 is 0 Å². The maximum absolute atomic E-state index is 13.3. The zero-order valence-corrected chi connectivity index (χ0v) is 17.7. The minimum atomic E-state index is -0.120. The number of amides is 1. The Morgan fingerprint density at radius 3 is 2.78 bits per heavy atom. The van der Waals surface area contributed by atoms with Gasteiger partial charge in [-0.25, -0.2) is 4.98 Å². The molecule has 7 nitrogen and oxygen atoms in total. The van der Waals surface area contributed by atoms with Crippen LogP contribution in [0.25, 0.3) is 22.3 Å². The molecule has 1 fully saturated rings. The third kappa shape index (κ3) is 4.33. The van der Waals surface area contributed by atoms with E-state index in [-0.39, 0.29) is 17.7 Å². The lowest BCUT2D eigenvalue weighted by molar-refractivity contribution is 0.0902. The molecule has 3 heterocycles. The van der Waals surface area contributed by atoms with Crippen molar-refractivity contribution in [1.82, 2.24) is 25.4 Å². The SMILES string of the molecule is O=C(N[C@@H]1CCCN(Cc2ccccc2)C1)c1cc(-c2ccc(O)cc2)nc2[nH]ncc12. The summed E-state index contributed by atoms with van der Waals surface area (Å²) in [5, 5.41) is 20.5. The lowest BCUT2D eigenvalue weighted by atomic mass is 10.0. The van der Waals surface area contributed by atoms with E-state index in [1.54, 1.807) is 36.5 Å². The van der Waals surface area contributed by atoms with E-state index in [4.69, 9.17) is 0 Å². The topological polar surface area (TPSA) is 94.1 Å². The van der Waals surface area contributed by atoms with Gasteiger partial charge in [-0.2, -0.15) is 5.10 Å². The van der Waals surface area contributed by atoms with Gasteiger partial charge in [0.05, 0.1) is 22.8 Å². The van der Waals surface area contributed by atoms with Crippen molar-refractivity contribution in [2.45, 2.75) is 25.4 Å². The number of hydrogen-bond acceptors (Lipinski definition) is 5. The van der Waals surface area contributed by atoms with Gasteiger partial charge in [-0.1, -0.05) is 30.3 Å². The van der Waals surface area contributed by atoms with Crippen LogP contribution in [-0.2, 0) is 6.54 Å². The number of likely N-dealkylation sites (tertiary alicyclic amines) is 1. The zero-order chi connectivity index (χ0) is 21.9. The third-order valence-corrected chi connectivity index (χ3v) is 5.92. The number of carbonyl (C=O) groups excluding carboxylic acids is 1. The van der Waals surface area contributed by atoms with Crippen molar-refractivity contribution in [1.29, 1.82) is 0 Å². The first-order valence-electron chi connectivity index (χ1n) is 10.9. The van der Waals surface area contributed by atoms with Crippen molar-refractivity contribution in [3.8, 4) is 17.0 Å². The Balaban J connectivity index is 1.35. The number of pyridine rings is 1. The van der Waals surface area contributed by atoms with E-state index in [9.17, 15) is 9.90 Å². The molecule has 3 N–H and O–H groups in total. The third-order valence-electron chi connectivity index (χ3n) is 5.92. The summed E-state index contributed by atoms with van der Waals surface area (Å²) in [5.41, 5.74) is 3.87. The average molecular weight is 428 g/mol. The van der Waals surface area contributed by atoms with Crippen LogP contribution in [-0.4, -0.2) is 50.2 Å². The number of hydrogen-bond donors (Lipinski definition) is 3. The van der Waals surface area contributed by atoms with Crippen LogP contribution in [0.2, 0.25) is 0 Å². The number of piperidine rings is 1. The highest BCUT2D eigenvalue weighted by Crippen LogP contribution is 2.25. The number of aromatic hydroxyl groups is 1. The number of H-pyrrole nitrogens is 1. The molecule has 4 aromatic rings. The highest BCUT2D eigenvalue weighted by molar-refractivity contribution is 6.06. The first-order chi connectivity index (χ1) is 15.7. The quantitative estimate of drug-likeness (QED) is 0.451. The number of nitrogens with zero attached hydrogens (tertiary/aromatic N) is 3. The molecule has 32 heavy (non-hydrogen) atoms. The van der Waals surface area contributed by atoms with Crippen LogP contribution in [0.5, 0.6) is 5.75 Å². The summed E-state index contributed by atoms with van der Waals surface area (Å²) in [6.07, 6.45) is 3.65. The maximum atomic E-state index is 13.3. The van der Waals surface area contributed by atoms with Crippen LogP contribution < -0.4 is 5.32 Å². The molecule has 2 aromatic carbocycles. The lowest BCUT2D eigenvalue weighted by Gasteiger charge is -2.33. The fourth-order valence-electron chi connectivity index (χ4n) is 4.32. The van der Waals surface area contributed by atoms with Gasteiger partial charge in [0.2, 0.25) is 0 Å². The van der Waals surface area contributed by atoms with Crippen molar-refractivity contribution < 1.29 is 9.90 Å². The first kappa shape index (κ1) is 20.2. The van der Waals surface area contributed by atoms with Crippen LogP contribution in [0.15, 0.2) is 66.9 Å². The van der Waals surface area contributed by atoms with Crippen LogP contribution in [0.1, 0.15) is 28.8 Å². The molecule has 0 bridgehead atoms. The summed E-state index contributed by atoms with van der Waals surface area (Å²) < 4.78 is 0. The lowest BCUT2D eigenvalue weighted by Crippen LogP contribution is -2.47. The summed E-state index contributed by atoms with van der Waals surface area (Å²) in [7, 11) is 0. The van der Waals surface area contributed by atoms with Gasteiger partial charge in [0.25, 0.3) is 5.91 Å². The fourth-order valence-corrected chi connectivity index (χ4v) is 4.32. The molecule has 1 amide bonds. The molecule has 2 aromatic heterocycles. The van der Waals surface area contributed by atoms with E-state index in [0.29, 0.717) is 22.3 Å². The smallest absolute Gasteiger partial charge is 0.252 e. The van der Waals surface area contributed by atoms with Gasteiger partial charge in [-0.05, 0) is 55.3 Å². The van der Waals surface area contributed by atoms with Gasteiger partial charge >= 0.3 is 0 Å². The molecule has 0 radical (unpaired) electrons. The fraction of sp³-hybridized carbons (Fsp3) is 0.240. The second-order valence-electron chi connectivity index (χ2n) is 8.27. The number of rotatable bonds is 5. The van der Waals surface area contributed by atoms with Crippen LogP contribution in [0.3, 0.4) is 0 Å². The minimum absolute atomic E-state index is 0.0900. The summed E-state index contributed by atoms with van der Waals surface area (Å²) in [4.78, 5) is 20.3. The van der Waals surface area contributed by atoms with Crippen LogP contribution in [0, 0.1) is 0 Å². The van der Waals surface area contributed by atoms with E-state index in [1.807, 2.05) is 6.07 Å². The summed E-state index contributed by atoms with van der Waals surface area (Å²) >= 11 is 0. The monoisotopic (exact) mass is 427 g/mol. The highest BCUT2D eigenvalue weighted by Gasteiger charge is 2.23. The number of aromatic nitrogens is 3. The van der Waals surface area contributed by atoms with Gasteiger partial charge in [0, 0.05) is 24.7 Å². The number of aromatic amines is 1. The second kappa shape index (κ2) is 8.80. The molecule has 0 unspecified atom stereocenters. The van der Waals surface area contributed by atoms with E-state index in [0.717, 1.165) is 38.0 Å². The largest absolute Gasteiger partial charge is 0.508 e. The molecular weight excluding hydrogens is 402 g/mol. The predicted molar refractivity (Wildman–Crippen MR) is 123 cm³/mol. The number of nitrogens with one attached hydrogen (secondary N) is 2. The Hall–Kier alpha value is -3.71. The Morgan fingerprint density at radius 2 is 1.97 bits per heavy atom. The summed E-state index contributed by atoms with van der Waals surface area (Å²) in [6.45, 7) is 2.75. The van der Waals surface area contributed by atoms with Crippen molar-refractivity contribution in [2.75, 3.05) is 13.1 Å². The van der Waals surface area contributed by atoms with Gasteiger partial charge in [-0.3, -0.25) is 14.8 Å². The molecule has 0 saturated carbocycles. The van der Waals surface area contributed by atoms with Crippen molar-refractivity contribution in [3.05, 3.63) is 78.0 Å². The predicted octanol–water partition coefficient (Wildman–Crippen LogP) is 3.72. The van der Waals surface area contributed by atoms with E-state index in [1.165, 1.54) is 5.56 Å². The van der Waals surface area contributed by atoms with Crippen molar-refractivity contribution in [3.63, 3.8) is 0 Å². The number of phenolic OH excluding ortho intramolecular Hbond substituents is 1. The minimum Gasteiger partial charge on any atom is -0.508 e. The van der Waals surface area contributed by atoms with E-state index < -0.39 is 0 Å². The van der Waals surface area contributed by atoms with Gasteiger partial charge in [0.1, 0.15) is 5.75 Å². The Bertz CT molecular complexity index is 1220. The summed E-state index contributed by atoms with van der Waals surface area (Å²) in [6, 6.07) is 19.1. The molecule has 5 rings (SSSR count). The summed E-state index contributed by atoms with van der Waals surface area (Å²) in [5.74, 6) is 0.0667. The molecule has 162 valence electrons. The number of fused-ring (bicyclic) bond motifs is 1. The van der Waals surface area contributed by atoms with E-state index in [2.05, 4.69) is 49.7 Å². The number of carbonyl (C=O) groups is 1. The van der Waals surface area contributed by atoms with Crippen molar-refractivity contribution >= 4 is 16.9 Å². The zero-order valence-electron chi connectivity index (χ0n) is 17.7. The molecule has 1 aliphatic heterocycles. The Morgan fingerprint density at radius 1 is 1.16 bits per heavy atom. The normalized spacial score (nSPS) is 16.8. The second-order valence-corrected chi connectivity index (χ2v) is 8.27. The van der Waals surface area contributed by atoms with Crippen LogP contribution in [0.4, 0.5) is 0 Å². The maximum Gasteiger partial charge on any atom is 0.252 e.